The smallest absolute Gasteiger partial charge is 0.128 e. The molecule has 0 saturated heterocycles. The van der Waals surface area contributed by atoms with Crippen LogP contribution in [0.1, 0.15) is 33.9 Å². The fraction of sp³-hybridized carbons (Fsp3) is 0.250. The molecule has 0 fully saturated rings. The van der Waals surface area contributed by atoms with Gasteiger partial charge in [0.25, 0.3) is 0 Å². The van der Waals surface area contributed by atoms with Gasteiger partial charge in [0.15, 0.2) is 0 Å². The fourth-order valence-corrected chi connectivity index (χ4v) is 2.71. The van der Waals surface area contributed by atoms with E-state index in [0.29, 0.717) is 0 Å². The van der Waals surface area contributed by atoms with E-state index in [4.69, 9.17) is 5.84 Å². The fourth-order valence-electron chi connectivity index (χ4n) is 2.71. The molecule has 1 atom stereocenters. The maximum Gasteiger partial charge on any atom is 0.128 e. The Morgan fingerprint density at radius 2 is 1.60 bits per heavy atom. The number of nitrogens with two attached hydrogens (primary N) is 1. The molecule has 0 bridgehead atoms. The molecule has 0 saturated carbocycles. The summed E-state index contributed by atoms with van der Waals surface area (Å²) < 4.78 is 27.4. The molecular formula is C16H18F2N2. The highest BCUT2D eigenvalue weighted by Crippen LogP contribution is 2.30. The number of hydrogen-bond acceptors (Lipinski definition) is 2. The number of rotatable bonds is 3. The standard InChI is InChI=1S/C16H18F2N2/c1-9-6-10(2)15(11(3)7-9)16(20-19)13-8-12(17)4-5-14(13)18/h4-8,16,20H,19H2,1-3H3. The molecule has 3 N–H and O–H groups in total. The number of halogens is 2. The zero-order valence-electron chi connectivity index (χ0n) is 11.8. The average Bonchev–Trinajstić information content (AvgIpc) is 2.37. The van der Waals surface area contributed by atoms with E-state index in [1.807, 2.05) is 32.9 Å². The second-order valence-corrected chi connectivity index (χ2v) is 5.08. The van der Waals surface area contributed by atoms with Gasteiger partial charge in [0, 0.05) is 5.56 Å². The van der Waals surface area contributed by atoms with Gasteiger partial charge in [-0.25, -0.2) is 14.2 Å². The summed E-state index contributed by atoms with van der Waals surface area (Å²) >= 11 is 0. The number of nitrogens with one attached hydrogen (secondary N) is 1. The first-order valence-electron chi connectivity index (χ1n) is 6.43. The largest absolute Gasteiger partial charge is 0.271 e. The summed E-state index contributed by atoms with van der Waals surface area (Å²) in [4.78, 5) is 0. The Kier molecular flexibility index (Phi) is 4.16. The van der Waals surface area contributed by atoms with Crippen LogP contribution in [-0.2, 0) is 0 Å². The number of aryl methyl sites for hydroxylation is 3. The molecule has 0 aliphatic carbocycles. The zero-order chi connectivity index (χ0) is 14.9. The van der Waals surface area contributed by atoms with Crippen molar-refractivity contribution in [2.45, 2.75) is 26.8 Å². The Morgan fingerprint density at radius 1 is 1.00 bits per heavy atom. The van der Waals surface area contributed by atoms with Gasteiger partial charge in [0.1, 0.15) is 11.6 Å². The maximum absolute atomic E-state index is 14.0. The van der Waals surface area contributed by atoms with Gasteiger partial charge >= 0.3 is 0 Å². The van der Waals surface area contributed by atoms with Crippen molar-refractivity contribution in [3.8, 4) is 0 Å². The molecule has 2 aromatic rings. The predicted molar refractivity (Wildman–Crippen MR) is 76.2 cm³/mol. The summed E-state index contributed by atoms with van der Waals surface area (Å²) in [5.74, 6) is 4.63. The van der Waals surface area contributed by atoms with Crippen molar-refractivity contribution >= 4 is 0 Å². The highest BCUT2D eigenvalue weighted by molar-refractivity contribution is 5.44. The van der Waals surface area contributed by atoms with Crippen molar-refractivity contribution in [3.05, 3.63) is 69.8 Å². The Bertz CT molecular complexity index is 615. The van der Waals surface area contributed by atoms with Crippen molar-refractivity contribution < 1.29 is 8.78 Å². The van der Waals surface area contributed by atoms with Gasteiger partial charge in [0.05, 0.1) is 6.04 Å². The van der Waals surface area contributed by atoms with E-state index < -0.39 is 17.7 Å². The number of hydrogen-bond donors (Lipinski definition) is 2. The molecule has 20 heavy (non-hydrogen) atoms. The van der Waals surface area contributed by atoms with Crippen LogP contribution in [0.5, 0.6) is 0 Å². The molecule has 0 aliphatic rings. The van der Waals surface area contributed by atoms with Crippen molar-refractivity contribution in [2.24, 2.45) is 5.84 Å². The van der Waals surface area contributed by atoms with Crippen LogP contribution in [0.15, 0.2) is 30.3 Å². The first-order chi connectivity index (χ1) is 9.43. The Morgan fingerprint density at radius 3 is 2.15 bits per heavy atom. The molecule has 2 rings (SSSR count). The zero-order valence-corrected chi connectivity index (χ0v) is 11.8. The quantitative estimate of drug-likeness (QED) is 0.665. The molecule has 0 spiro atoms. The summed E-state index contributed by atoms with van der Waals surface area (Å²) in [6, 6.07) is 6.83. The third kappa shape index (κ3) is 2.71. The molecule has 4 heteroatoms. The number of benzene rings is 2. The average molecular weight is 276 g/mol. The topological polar surface area (TPSA) is 38.0 Å². The summed E-state index contributed by atoms with van der Waals surface area (Å²) in [7, 11) is 0. The Hall–Kier alpha value is -1.78. The highest BCUT2D eigenvalue weighted by Gasteiger charge is 2.21. The van der Waals surface area contributed by atoms with Crippen LogP contribution in [-0.4, -0.2) is 0 Å². The van der Waals surface area contributed by atoms with Gasteiger partial charge < -0.3 is 0 Å². The van der Waals surface area contributed by atoms with Crippen LogP contribution in [0.2, 0.25) is 0 Å². The molecule has 0 amide bonds. The van der Waals surface area contributed by atoms with E-state index in [1.54, 1.807) is 0 Å². The second-order valence-electron chi connectivity index (χ2n) is 5.08. The molecule has 106 valence electrons. The first-order valence-corrected chi connectivity index (χ1v) is 6.43. The highest BCUT2D eigenvalue weighted by atomic mass is 19.1. The van der Waals surface area contributed by atoms with E-state index in [2.05, 4.69) is 5.43 Å². The molecule has 2 nitrogen and oxygen atoms in total. The number of hydrazine groups is 1. The molecule has 0 aliphatic heterocycles. The molecule has 0 heterocycles. The third-order valence-electron chi connectivity index (χ3n) is 3.46. The summed E-state index contributed by atoms with van der Waals surface area (Å²) in [5.41, 5.74) is 6.80. The molecule has 1 unspecified atom stereocenters. The molecule has 0 aromatic heterocycles. The van der Waals surface area contributed by atoms with Gasteiger partial charge in [-0.15, -0.1) is 0 Å². The lowest BCUT2D eigenvalue weighted by Gasteiger charge is -2.22. The van der Waals surface area contributed by atoms with Gasteiger partial charge in [-0.3, -0.25) is 5.84 Å². The SMILES string of the molecule is Cc1cc(C)c(C(NN)c2cc(F)ccc2F)c(C)c1. The Balaban J connectivity index is 2.61. The van der Waals surface area contributed by atoms with Crippen LogP contribution in [0.4, 0.5) is 8.78 Å². The van der Waals surface area contributed by atoms with Gasteiger partial charge in [-0.1, -0.05) is 17.7 Å². The molecule has 0 radical (unpaired) electrons. The summed E-state index contributed by atoms with van der Waals surface area (Å²) in [6.45, 7) is 5.88. The lowest BCUT2D eigenvalue weighted by atomic mass is 9.90. The first kappa shape index (κ1) is 14.6. The van der Waals surface area contributed by atoms with E-state index in [9.17, 15) is 8.78 Å². The van der Waals surface area contributed by atoms with E-state index in [1.165, 1.54) is 6.07 Å². The van der Waals surface area contributed by atoms with Gasteiger partial charge in [-0.2, -0.15) is 0 Å². The van der Waals surface area contributed by atoms with Crippen molar-refractivity contribution in [1.29, 1.82) is 0 Å². The normalized spacial score (nSPS) is 12.5. The second kappa shape index (κ2) is 5.69. The lowest BCUT2D eigenvalue weighted by Crippen LogP contribution is -2.30. The van der Waals surface area contributed by atoms with Crippen LogP contribution < -0.4 is 11.3 Å². The van der Waals surface area contributed by atoms with Crippen LogP contribution >= 0.6 is 0 Å². The van der Waals surface area contributed by atoms with Crippen molar-refractivity contribution in [1.82, 2.24) is 5.43 Å². The van der Waals surface area contributed by atoms with Crippen LogP contribution in [0.3, 0.4) is 0 Å². The van der Waals surface area contributed by atoms with Crippen molar-refractivity contribution in [3.63, 3.8) is 0 Å². The van der Waals surface area contributed by atoms with Crippen LogP contribution in [0, 0.1) is 32.4 Å². The van der Waals surface area contributed by atoms with E-state index in [0.717, 1.165) is 34.4 Å². The molecular weight excluding hydrogens is 258 g/mol. The van der Waals surface area contributed by atoms with Crippen LogP contribution in [0.25, 0.3) is 0 Å². The minimum atomic E-state index is -0.578. The lowest BCUT2D eigenvalue weighted by molar-refractivity contribution is 0.543. The monoisotopic (exact) mass is 276 g/mol. The van der Waals surface area contributed by atoms with Gasteiger partial charge in [0.2, 0.25) is 0 Å². The Labute approximate surface area is 117 Å². The van der Waals surface area contributed by atoms with E-state index in [-0.39, 0.29) is 5.56 Å². The molecule has 2 aromatic carbocycles. The van der Waals surface area contributed by atoms with E-state index >= 15 is 0 Å². The maximum atomic E-state index is 14.0. The minimum Gasteiger partial charge on any atom is -0.271 e. The minimum absolute atomic E-state index is 0.211. The summed E-state index contributed by atoms with van der Waals surface area (Å²) in [5, 5.41) is 0. The summed E-state index contributed by atoms with van der Waals surface area (Å²) in [6.07, 6.45) is 0. The van der Waals surface area contributed by atoms with Gasteiger partial charge in [-0.05, 0) is 55.7 Å². The third-order valence-corrected chi connectivity index (χ3v) is 3.46. The van der Waals surface area contributed by atoms with Crippen molar-refractivity contribution in [2.75, 3.05) is 0 Å². The predicted octanol–water partition coefficient (Wildman–Crippen LogP) is 3.44.